The molecule has 0 aliphatic carbocycles. The Labute approximate surface area is 185 Å². The molecule has 0 saturated carbocycles. The van der Waals surface area contributed by atoms with Crippen LogP contribution >= 0.6 is 7.37 Å². The molecule has 168 valence electrons. The van der Waals surface area contributed by atoms with Gasteiger partial charge in [-0.1, -0.05) is 81.1 Å². The van der Waals surface area contributed by atoms with E-state index >= 15 is 0 Å². The molecule has 0 radical (unpaired) electrons. The quantitative estimate of drug-likeness (QED) is 0.308. The Morgan fingerprint density at radius 2 is 1.58 bits per heavy atom. The van der Waals surface area contributed by atoms with E-state index in [-0.39, 0.29) is 18.5 Å². The van der Waals surface area contributed by atoms with Gasteiger partial charge in [-0.3, -0.25) is 14.2 Å². The van der Waals surface area contributed by atoms with Gasteiger partial charge in [0.15, 0.2) is 0 Å². The molecule has 7 heteroatoms. The van der Waals surface area contributed by atoms with Gasteiger partial charge in [-0.05, 0) is 24.1 Å². The van der Waals surface area contributed by atoms with Gasteiger partial charge in [-0.2, -0.15) is 0 Å². The van der Waals surface area contributed by atoms with Gasteiger partial charge in [0, 0.05) is 6.42 Å². The number of carbonyl (C=O) groups excluding carboxylic acids is 2. The van der Waals surface area contributed by atoms with Gasteiger partial charge < -0.3 is 15.6 Å². The topological polar surface area (TPSA) is 98.5 Å². The molecule has 0 spiro atoms. The first-order valence-corrected chi connectivity index (χ1v) is 12.8. The van der Waals surface area contributed by atoms with E-state index in [0.717, 1.165) is 37.7 Å². The number of nitrogens with two attached hydrogens (primary N) is 1. The van der Waals surface area contributed by atoms with Crippen molar-refractivity contribution in [3.05, 3.63) is 66.2 Å². The Bertz CT molecular complexity index is 813. The lowest BCUT2D eigenvalue weighted by Crippen LogP contribution is -2.39. The van der Waals surface area contributed by atoms with Gasteiger partial charge in [0.2, 0.25) is 11.8 Å². The van der Waals surface area contributed by atoms with Crippen molar-refractivity contribution >= 4 is 19.2 Å². The minimum Gasteiger partial charge on any atom is -0.441 e. The summed E-state index contributed by atoms with van der Waals surface area (Å²) in [5.74, 6) is -1.45. The molecule has 0 heterocycles. The molecule has 2 amide bonds. The normalized spacial score (nSPS) is 13.7. The number of carbonyl (C=O) groups is 2. The number of nitrogens with one attached hydrogen (secondary N) is 1. The van der Waals surface area contributed by atoms with E-state index in [1.165, 1.54) is 0 Å². The standard InChI is InChI=1S/C24H33N2O4P/c1-2-3-4-5-12-17-23(28)26-24(18-22(25)27)31(29,19-20-13-8-6-9-14-20)30-21-15-10-7-11-16-21/h6-11,13-16,24H,2-5,12,17-19H2,1H3,(H2,25,27)(H,26,28)/t24-,31?/m0/s1. The van der Waals surface area contributed by atoms with E-state index < -0.39 is 19.1 Å². The number of amides is 2. The molecule has 0 aliphatic rings. The van der Waals surface area contributed by atoms with Crippen LogP contribution in [0.25, 0.3) is 0 Å². The van der Waals surface area contributed by atoms with Crippen LogP contribution < -0.4 is 15.6 Å². The van der Waals surface area contributed by atoms with Crippen molar-refractivity contribution in [2.24, 2.45) is 5.73 Å². The minimum absolute atomic E-state index is 0.0808. The Morgan fingerprint density at radius 3 is 2.19 bits per heavy atom. The summed E-state index contributed by atoms with van der Waals surface area (Å²) in [5.41, 5.74) is 6.24. The van der Waals surface area contributed by atoms with Crippen molar-refractivity contribution in [2.75, 3.05) is 0 Å². The molecule has 0 bridgehead atoms. The number of hydrogen-bond acceptors (Lipinski definition) is 4. The number of primary amides is 1. The van der Waals surface area contributed by atoms with Crippen molar-refractivity contribution in [1.29, 1.82) is 0 Å². The second-order valence-electron chi connectivity index (χ2n) is 7.69. The van der Waals surface area contributed by atoms with E-state index in [9.17, 15) is 14.2 Å². The number of rotatable bonds is 14. The maximum atomic E-state index is 14.1. The number of para-hydroxylation sites is 1. The van der Waals surface area contributed by atoms with Crippen molar-refractivity contribution in [3.8, 4) is 5.75 Å². The first kappa shape index (κ1) is 24.7. The molecule has 0 fully saturated rings. The molecule has 2 atom stereocenters. The van der Waals surface area contributed by atoms with E-state index in [1.807, 2.05) is 36.4 Å². The molecule has 1 unspecified atom stereocenters. The summed E-state index contributed by atoms with van der Waals surface area (Å²) in [7, 11) is -3.56. The van der Waals surface area contributed by atoms with Crippen LogP contribution in [0, 0.1) is 0 Å². The first-order chi connectivity index (χ1) is 14.9. The smallest absolute Gasteiger partial charge is 0.274 e. The Balaban J connectivity index is 2.20. The number of benzene rings is 2. The fourth-order valence-corrected chi connectivity index (χ4v) is 5.74. The van der Waals surface area contributed by atoms with Crippen molar-refractivity contribution in [2.45, 2.75) is 63.8 Å². The van der Waals surface area contributed by atoms with Crippen molar-refractivity contribution in [3.63, 3.8) is 0 Å². The van der Waals surface area contributed by atoms with Gasteiger partial charge >= 0.3 is 0 Å². The molecule has 31 heavy (non-hydrogen) atoms. The fraction of sp³-hybridized carbons (Fsp3) is 0.417. The summed E-state index contributed by atoms with van der Waals surface area (Å²) in [6.07, 6.45) is 5.21. The van der Waals surface area contributed by atoms with Crippen molar-refractivity contribution in [1.82, 2.24) is 5.32 Å². The summed E-state index contributed by atoms with van der Waals surface area (Å²) in [4.78, 5) is 24.3. The third kappa shape index (κ3) is 8.97. The Morgan fingerprint density at radius 1 is 0.968 bits per heavy atom. The third-order valence-electron chi connectivity index (χ3n) is 4.95. The molecule has 2 aromatic carbocycles. The summed E-state index contributed by atoms with van der Waals surface area (Å²) < 4.78 is 20.1. The SMILES string of the molecule is CCCCCCCC(=O)N[C@H](CC(N)=O)P(=O)(Cc1ccccc1)Oc1ccccc1. The molecule has 2 rings (SSSR count). The van der Waals surface area contributed by atoms with Gasteiger partial charge in [-0.25, -0.2) is 0 Å². The summed E-state index contributed by atoms with van der Waals surface area (Å²) in [5, 5.41) is 2.79. The lowest BCUT2D eigenvalue weighted by molar-refractivity contribution is -0.122. The number of hydrogen-bond donors (Lipinski definition) is 2. The van der Waals surface area contributed by atoms with Gasteiger partial charge in [0.05, 0.1) is 12.6 Å². The minimum atomic E-state index is -3.56. The van der Waals surface area contributed by atoms with Crippen LogP contribution in [0.5, 0.6) is 5.75 Å². The summed E-state index contributed by atoms with van der Waals surface area (Å²) >= 11 is 0. The molecular weight excluding hydrogens is 411 g/mol. The Hall–Kier alpha value is -2.59. The van der Waals surface area contributed by atoms with E-state index in [0.29, 0.717) is 12.2 Å². The van der Waals surface area contributed by atoms with Gasteiger partial charge in [0.25, 0.3) is 7.37 Å². The number of unbranched alkanes of at least 4 members (excludes halogenated alkanes) is 4. The van der Waals surface area contributed by atoms with Crippen LogP contribution in [0.3, 0.4) is 0 Å². The zero-order valence-electron chi connectivity index (χ0n) is 18.2. The molecular formula is C24H33N2O4P. The molecule has 6 nitrogen and oxygen atoms in total. The van der Waals surface area contributed by atoms with Crippen molar-refractivity contribution < 1.29 is 18.7 Å². The van der Waals surface area contributed by atoms with Crippen LogP contribution in [0.2, 0.25) is 0 Å². The highest BCUT2D eigenvalue weighted by Gasteiger charge is 2.38. The van der Waals surface area contributed by atoms with E-state index in [1.54, 1.807) is 24.3 Å². The van der Waals surface area contributed by atoms with E-state index in [2.05, 4.69) is 12.2 Å². The fourth-order valence-electron chi connectivity index (χ4n) is 3.33. The van der Waals surface area contributed by atoms with E-state index in [4.69, 9.17) is 10.3 Å². The van der Waals surface area contributed by atoms with Crippen LogP contribution in [0.4, 0.5) is 0 Å². The third-order valence-corrected chi connectivity index (χ3v) is 7.54. The van der Waals surface area contributed by atoms with Crippen LogP contribution in [-0.2, 0) is 20.3 Å². The second-order valence-corrected chi connectivity index (χ2v) is 10.3. The maximum Gasteiger partial charge on any atom is 0.274 e. The average molecular weight is 445 g/mol. The summed E-state index contributed by atoms with van der Waals surface area (Å²) in [6, 6.07) is 18.0. The molecule has 0 saturated heterocycles. The predicted molar refractivity (Wildman–Crippen MR) is 124 cm³/mol. The molecule has 0 aromatic heterocycles. The lowest BCUT2D eigenvalue weighted by atomic mass is 10.1. The summed E-state index contributed by atoms with van der Waals surface area (Å²) in [6.45, 7) is 2.14. The molecule has 0 aliphatic heterocycles. The first-order valence-electron chi connectivity index (χ1n) is 10.9. The lowest BCUT2D eigenvalue weighted by Gasteiger charge is -2.28. The largest absolute Gasteiger partial charge is 0.441 e. The zero-order valence-corrected chi connectivity index (χ0v) is 19.1. The highest BCUT2D eigenvalue weighted by atomic mass is 31.2. The Kier molecular flexibility index (Phi) is 10.3. The van der Waals surface area contributed by atoms with Gasteiger partial charge in [0.1, 0.15) is 11.5 Å². The highest BCUT2D eigenvalue weighted by Crippen LogP contribution is 2.54. The monoisotopic (exact) mass is 444 g/mol. The average Bonchev–Trinajstić information content (AvgIpc) is 2.74. The van der Waals surface area contributed by atoms with Crippen LogP contribution in [0.15, 0.2) is 60.7 Å². The zero-order chi connectivity index (χ0) is 22.5. The van der Waals surface area contributed by atoms with Gasteiger partial charge in [-0.15, -0.1) is 0 Å². The molecule has 2 aromatic rings. The van der Waals surface area contributed by atoms with Crippen LogP contribution in [0.1, 0.15) is 57.4 Å². The highest BCUT2D eigenvalue weighted by molar-refractivity contribution is 7.59. The van der Waals surface area contributed by atoms with Crippen LogP contribution in [-0.4, -0.2) is 17.6 Å². The molecule has 3 N–H and O–H groups in total. The predicted octanol–water partition coefficient (Wildman–Crippen LogP) is 5.22. The second kappa shape index (κ2) is 13.0. The maximum absolute atomic E-state index is 14.1.